The molecule has 0 unspecified atom stereocenters. The Morgan fingerprint density at radius 2 is 1.89 bits per heavy atom. The van der Waals surface area contributed by atoms with Crippen molar-refractivity contribution < 1.29 is 4.79 Å². The first kappa shape index (κ1) is 13.4. The number of carbonyl (C=O) groups is 1. The van der Waals surface area contributed by atoms with Gasteiger partial charge >= 0.3 is 0 Å². The van der Waals surface area contributed by atoms with Gasteiger partial charge in [0.05, 0.1) is 0 Å². The van der Waals surface area contributed by atoms with E-state index in [0.29, 0.717) is 23.8 Å². The molecule has 3 rings (SSSR count). The molecule has 1 aliphatic heterocycles. The number of likely N-dealkylation sites (tertiary alicyclic amines) is 1. The third-order valence-electron chi connectivity index (χ3n) is 5.94. The average Bonchev–Trinajstić information content (AvgIpc) is 3.06. The van der Waals surface area contributed by atoms with E-state index in [1.807, 2.05) is 0 Å². The summed E-state index contributed by atoms with van der Waals surface area (Å²) in [6.45, 7) is 2.74. The number of carbonyl (C=O) groups excluding carboxylic acids is 1. The Morgan fingerprint density at radius 1 is 1.11 bits per heavy atom. The SMILES string of the molecule is NC[C@H]1CCC[C@H]1C(=O)N1CCC2(CCCCC2)C1. The lowest BCUT2D eigenvalue weighted by Crippen LogP contribution is -2.39. The Hall–Kier alpha value is -0.570. The highest BCUT2D eigenvalue weighted by Gasteiger charge is 2.43. The van der Waals surface area contributed by atoms with Crippen LogP contribution in [0.2, 0.25) is 0 Å². The maximum absolute atomic E-state index is 12.7. The van der Waals surface area contributed by atoms with Crippen LogP contribution in [0.1, 0.15) is 57.8 Å². The Bertz CT molecular complexity index is 336. The zero-order chi connectivity index (χ0) is 13.3. The van der Waals surface area contributed by atoms with Crippen molar-refractivity contribution >= 4 is 5.91 Å². The summed E-state index contributed by atoms with van der Waals surface area (Å²) in [6, 6.07) is 0. The molecule has 0 bridgehead atoms. The number of hydrogen-bond acceptors (Lipinski definition) is 2. The standard InChI is InChI=1S/C16H28N2O/c17-11-13-5-4-6-14(13)15(19)18-10-9-16(12-18)7-2-1-3-8-16/h13-14H,1-12,17H2/t13-,14-/m1/s1. The quantitative estimate of drug-likeness (QED) is 0.833. The molecule has 2 saturated carbocycles. The maximum Gasteiger partial charge on any atom is 0.226 e. The van der Waals surface area contributed by atoms with Crippen LogP contribution in [0.25, 0.3) is 0 Å². The smallest absolute Gasteiger partial charge is 0.226 e. The topological polar surface area (TPSA) is 46.3 Å². The summed E-state index contributed by atoms with van der Waals surface area (Å²) in [4.78, 5) is 14.9. The van der Waals surface area contributed by atoms with Gasteiger partial charge in [-0.3, -0.25) is 4.79 Å². The van der Waals surface area contributed by atoms with Crippen molar-refractivity contribution in [3.8, 4) is 0 Å². The van der Waals surface area contributed by atoms with E-state index in [-0.39, 0.29) is 5.92 Å². The molecule has 19 heavy (non-hydrogen) atoms. The predicted octanol–water partition coefficient (Wildman–Crippen LogP) is 2.54. The lowest BCUT2D eigenvalue weighted by atomic mass is 9.73. The number of nitrogens with zero attached hydrogens (tertiary/aromatic N) is 1. The lowest BCUT2D eigenvalue weighted by molar-refractivity contribution is -0.136. The molecular weight excluding hydrogens is 236 g/mol. The van der Waals surface area contributed by atoms with Crippen molar-refractivity contribution in [3.63, 3.8) is 0 Å². The van der Waals surface area contributed by atoms with Crippen LogP contribution in [0.4, 0.5) is 0 Å². The fraction of sp³-hybridized carbons (Fsp3) is 0.938. The van der Waals surface area contributed by atoms with E-state index in [1.54, 1.807) is 0 Å². The molecule has 3 nitrogen and oxygen atoms in total. The van der Waals surface area contributed by atoms with Crippen molar-refractivity contribution in [1.82, 2.24) is 4.90 Å². The number of nitrogens with two attached hydrogens (primary N) is 1. The fourth-order valence-electron chi connectivity index (χ4n) is 4.71. The normalized spacial score (nSPS) is 34.1. The molecule has 2 atom stereocenters. The summed E-state index contributed by atoms with van der Waals surface area (Å²) in [5.74, 6) is 1.12. The Morgan fingerprint density at radius 3 is 2.63 bits per heavy atom. The molecule has 3 fully saturated rings. The van der Waals surface area contributed by atoms with E-state index in [1.165, 1.54) is 44.9 Å². The van der Waals surface area contributed by atoms with Gasteiger partial charge in [-0.05, 0) is 50.0 Å². The van der Waals surface area contributed by atoms with Crippen molar-refractivity contribution in [2.75, 3.05) is 19.6 Å². The van der Waals surface area contributed by atoms with E-state index in [4.69, 9.17) is 5.73 Å². The van der Waals surface area contributed by atoms with Crippen molar-refractivity contribution in [1.29, 1.82) is 0 Å². The molecule has 1 heterocycles. The van der Waals surface area contributed by atoms with Crippen LogP contribution in [-0.2, 0) is 4.79 Å². The maximum atomic E-state index is 12.7. The predicted molar refractivity (Wildman–Crippen MR) is 76.6 cm³/mol. The van der Waals surface area contributed by atoms with Gasteiger partial charge in [-0.2, -0.15) is 0 Å². The van der Waals surface area contributed by atoms with Crippen LogP contribution in [0.15, 0.2) is 0 Å². The zero-order valence-electron chi connectivity index (χ0n) is 12.1. The Kier molecular flexibility index (Phi) is 3.84. The van der Waals surface area contributed by atoms with Crippen LogP contribution in [-0.4, -0.2) is 30.4 Å². The fourth-order valence-corrected chi connectivity index (χ4v) is 4.71. The minimum Gasteiger partial charge on any atom is -0.342 e. The first-order chi connectivity index (χ1) is 9.24. The van der Waals surface area contributed by atoms with Gasteiger partial charge in [0.2, 0.25) is 5.91 Å². The summed E-state index contributed by atoms with van der Waals surface area (Å²) in [6.07, 6.45) is 11.5. The van der Waals surface area contributed by atoms with E-state index >= 15 is 0 Å². The molecule has 3 heteroatoms. The molecule has 2 N–H and O–H groups in total. The largest absolute Gasteiger partial charge is 0.342 e. The molecular formula is C16H28N2O. The number of rotatable bonds is 2. The third kappa shape index (κ3) is 2.54. The van der Waals surface area contributed by atoms with Gasteiger partial charge in [-0.25, -0.2) is 0 Å². The molecule has 1 spiro atoms. The number of hydrogen-bond donors (Lipinski definition) is 1. The summed E-state index contributed by atoms with van der Waals surface area (Å²) in [7, 11) is 0. The van der Waals surface area contributed by atoms with Gasteiger partial charge in [-0.1, -0.05) is 25.7 Å². The summed E-state index contributed by atoms with van der Waals surface area (Å²) < 4.78 is 0. The molecule has 1 amide bonds. The third-order valence-corrected chi connectivity index (χ3v) is 5.94. The summed E-state index contributed by atoms with van der Waals surface area (Å²) >= 11 is 0. The summed E-state index contributed by atoms with van der Waals surface area (Å²) in [5.41, 5.74) is 6.32. The van der Waals surface area contributed by atoms with Gasteiger partial charge < -0.3 is 10.6 Å². The van der Waals surface area contributed by atoms with Crippen LogP contribution in [0.3, 0.4) is 0 Å². The van der Waals surface area contributed by atoms with Gasteiger partial charge in [0.1, 0.15) is 0 Å². The average molecular weight is 264 g/mol. The second-order valence-corrected chi connectivity index (χ2v) is 7.10. The van der Waals surface area contributed by atoms with E-state index < -0.39 is 0 Å². The van der Waals surface area contributed by atoms with E-state index in [0.717, 1.165) is 25.9 Å². The highest BCUT2D eigenvalue weighted by molar-refractivity contribution is 5.79. The van der Waals surface area contributed by atoms with Gasteiger partial charge in [0.15, 0.2) is 0 Å². The lowest BCUT2D eigenvalue weighted by Gasteiger charge is -2.33. The first-order valence-electron chi connectivity index (χ1n) is 8.23. The van der Waals surface area contributed by atoms with Gasteiger partial charge in [-0.15, -0.1) is 0 Å². The molecule has 1 saturated heterocycles. The second-order valence-electron chi connectivity index (χ2n) is 7.10. The zero-order valence-corrected chi connectivity index (χ0v) is 12.1. The summed E-state index contributed by atoms with van der Waals surface area (Å²) in [5, 5.41) is 0. The molecule has 108 valence electrons. The molecule has 3 aliphatic rings. The Balaban J connectivity index is 1.62. The highest BCUT2D eigenvalue weighted by Crippen LogP contribution is 2.44. The van der Waals surface area contributed by atoms with E-state index in [2.05, 4.69) is 4.90 Å². The van der Waals surface area contributed by atoms with Crippen LogP contribution >= 0.6 is 0 Å². The molecule has 2 aliphatic carbocycles. The van der Waals surface area contributed by atoms with E-state index in [9.17, 15) is 4.79 Å². The second kappa shape index (κ2) is 5.43. The van der Waals surface area contributed by atoms with Gasteiger partial charge in [0, 0.05) is 19.0 Å². The first-order valence-corrected chi connectivity index (χ1v) is 8.23. The van der Waals surface area contributed by atoms with Crippen LogP contribution < -0.4 is 5.73 Å². The highest BCUT2D eigenvalue weighted by atomic mass is 16.2. The Labute approximate surface area is 116 Å². The number of amides is 1. The molecule has 0 aromatic heterocycles. The van der Waals surface area contributed by atoms with Gasteiger partial charge in [0.25, 0.3) is 0 Å². The van der Waals surface area contributed by atoms with Crippen molar-refractivity contribution in [2.24, 2.45) is 23.0 Å². The van der Waals surface area contributed by atoms with Crippen molar-refractivity contribution in [2.45, 2.75) is 57.8 Å². The monoisotopic (exact) mass is 264 g/mol. The minimum absolute atomic E-state index is 0.240. The molecule has 0 aromatic rings. The van der Waals surface area contributed by atoms with Crippen LogP contribution in [0.5, 0.6) is 0 Å². The minimum atomic E-state index is 0.240. The molecule has 0 aromatic carbocycles. The molecule has 0 radical (unpaired) electrons. The van der Waals surface area contributed by atoms with Crippen LogP contribution in [0, 0.1) is 17.3 Å². The van der Waals surface area contributed by atoms with Crippen molar-refractivity contribution in [3.05, 3.63) is 0 Å².